The summed E-state index contributed by atoms with van der Waals surface area (Å²) in [5.74, 6) is -3.57. The van der Waals surface area contributed by atoms with E-state index < -0.39 is 53.2 Å². The number of anilines is 3. The summed E-state index contributed by atoms with van der Waals surface area (Å²) in [4.78, 5) is 29.5. The summed E-state index contributed by atoms with van der Waals surface area (Å²) in [7, 11) is 2.48. The molecule has 14 heteroatoms. The second-order valence-corrected chi connectivity index (χ2v) is 6.62. The van der Waals surface area contributed by atoms with E-state index in [2.05, 4.69) is 20.6 Å². The third-order valence-electron chi connectivity index (χ3n) is 4.42. The number of hydrogen-bond donors (Lipinski definition) is 2. The van der Waals surface area contributed by atoms with Crippen LogP contribution in [0, 0.1) is 15.9 Å². The number of esters is 1. The Hall–Kier alpha value is -3.71. The van der Waals surface area contributed by atoms with Crippen LogP contribution in [0.4, 0.5) is 35.0 Å². The molecule has 2 aromatic rings. The number of hydrogen-bond acceptors (Lipinski definition) is 9. The first kappa shape index (κ1) is 25.5. The number of ether oxygens (including phenoxy) is 2. The minimum atomic E-state index is -4.69. The SMILES string of the molecule is CCOC(=O)CC(C[N+](=O)[O-])c1cc(OC)c(Nc2ncc(C(F)(F)F)c(NC)n2)cc1F. The number of aromatic nitrogens is 2. The summed E-state index contributed by atoms with van der Waals surface area (Å²) >= 11 is 0. The molecule has 1 atom stereocenters. The van der Waals surface area contributed by atoms with Crippen molar-refractivity contribution >= 4 is 23.4 Å². The monoisotopic (exact) mass is 475 g/mol. The van der Waals surface area contributed by atoms with Crippen LogP contribution in [0.1, 0.15) is 30.4 Å². The van der Waals surface area contributed by atoms with Crippen LogP contribution in [0.25, 0.3) is 0 Å². The van der Waals surface area contributed by atoms with Gasteiger partial charge in [0.05, 0.1) is 31.7 Å². The summed E-state index contributed by atoms with van der Waals surface area (Å²) < 4.78 is 64.0. The average molecular weight is 475 g/mol. The van der Waals surface area contributed by atoms with Crippen LogP contribution >= 0.6 is 0 Å². The highest BCUT2D eigenvalue weighted by atomic mass is 19.4. The molecular weight excluding hydrogens is 454 g/mol. The summed E-state index contributed by atoms with van der Waals surface area (Å²) in [6, 6.07) is 2.08. The number of nitro groups is 1. The number of nitrogens with zero attached hydrogens (tertiary/aromatic N) is 3. The molecule has 10 nitrogen and oxygen atoms in total. The molecule has 0 spiro atoms. The first-order valence-electron chi connectivity index (χ1n) is 9.53. The van der Waals surface area contributed by atoms with E-state index in [-0.39, 0.29) is 29.6 Å². The molecule has 0 aliphatic carbocycles. The second kappa shape index (κ2) is 10.7. The molecule has 2 rings (SSSR count). The highest BCUT2D eigenvalue weighted by molar-refractivity contribution is 5.71. The molecule has 0 aliphatic heterocycles. The van der Waals surface area contributed by atoms with Crippen molar-refractivity contribution in [1.82, 2.24) is 9.97 Å². The zero-order valence-corrected chi connectivity index (χ0v) is 17.8. The van der Waals surface area contributed by atoms with Crippen molar-refractivity contribution in [3.8, 4) is 5.75 Å². The third-order valence-corrected chi connectivity index (χ3v) is 4.42. The predicted octanol–water partition coefficient (Wildman–Crippen LogP) is 3.74. The molecule has 0 amide bonds. The second-order valence-electron chi connectivity index (χ2n) is 6.62. The molecule has 0 saturated heterocycles. The molecule has 0 radical (unpaired) electrons. The minimum Gasteiger partial charge on any atom is -0.495 e. The van der Waals surface area contributed by atoms with Crippen molar-refractivity contribution < 1.29 is 36.8 Å². The maximum atomic E-state index is 14.9. The van der Waals surface area contributed by atoms with Crippen LogP contribution in [0.3, 0.4) is 0 Å². The third kappa shape index (κ3) is 6.63. The number of alkyl halides is 3. The van der Waals surface area contributed by atoms with Gasteiger partial charge < -0.3 is 20.1 Å². The van der Waals surface area contributed by atoms with Gasteiger partial charge in [-0.05, 0) is 13.0 Å². The van der Waals surface area contributed by atoms with Gasteiger partial charge in [0.25, 0.3) is 0 Å². The molecule has 1 aromatic carbocycles. The Morgan fingerprint density at radius 2 is 2.03 bits per heavy atom. The Balaban J connectivity index is 2.42. The lowest BCUT2D eigenvalue weighted by molar-refractivity contribution is -0.483. The van der Waals surface area contributed by atoms with E-state index in [9.17, 15) is 32.5 Å². The van der Waals surface area contributed by atoms with Crippen molar-refractivity contribution in [3.05, 3.63) is 45.4 Å². The smallest absolute Gasteiger partial charge is 0.421 e. The van der Waals surface area contributed by atoms with Crippen LogP contribution in [-0.2, 0) is 15.7 Å². The average Bonchev–Trinajstić information content (AvgIpc) is 2.72. The van der Waals surface area contributed by atoms with E-state index in [0.29, 0.717) is 6.20 Å². The maximum Gasteiger partial charge on any atom is 0.421 e. The highest BCUT2D eigenvalue weighted by Gasteiger charge is 2.35. The molecule has 2 N–H and O–H groups in total. The Labute approximate surface area is 185 Å². The number of rotatable bonds is 10. The van der Waals surface area contributed by atoms with E-state index in [1.807, 2.05) is 0 Å². The van der Waals surface area contributed by atoms with Crippen LogP contribution in [0.2, 0.25) is 0 Å². The first-order chi connectivity index (χ1) is 15.5. The van der Waals surface area contributed by atoms with Gasteiger partial charge in [0.15, 0.2) is 0 Å². The lowest BCUT2D eigenvalue weighted by atomic mass is 9.94. The van der Waals surface area contributed by atoms with Gasteiger partial charge in [0.1, 0.15) is 22.9 Å². The Morgan fingerprint density at radius 1 is 1.33 bits per heavy atom. The fourth-order valence-electron chi connectivity index (χ4n) is 2.98. The summed E-state index contributed by atoms with van der Waals surface area (Å²) in [5.41, 5.74) is -1.30. The van der Waals surface area contributed by atoms with E-state index in [4.69, 9.17) is 9.47 Å². The van der Waals surface area contributed by atoms with Gasteiger partial charge in [0, 0.05) is 29.8 Å². The molecule has 1 heterocycles. The molecular formula is C19H21F4N5O5. The van der Waals surface area contributed by atoms with Gasteiger partial charge in [-0.3, -0.25) is 14.9 Å². The molecule has 180 valence electrons. The number of carbonyl (C=O) groups is 1. The Kier molecular flexibility index (Phi) is 8.32. The number of halogens is 4. The van der Waals surface area contributed by atoms with E-state index >= 15 is 0 Å². The van der Waals surface area contributed by atoms with Gasteiger partial charge in [0.2, 0.25) is 12.5 Å². The molecule has 33 heavy (non-hydrogen) atoms. The van der Waals surface area contributed by atoms with Crippen molar-refractivity contribution in [1.29, 1.82) is 0 Å². The normalized spacial score (nSPS) is 12.1. The Bertz CT molecular complexity index is 1020. The predicted molar refractivity (Wildman–Crippen MR) is 109 cm³/mol. The molecule has 0 aliphatic rings. The van der Waals surface area contributed by atoms with Gasteiger partial charge in [-0.2, -0.15) is 18.2 Å². The lowest BCUT2D eigenvalue weighted by Crippen LogP contribution is -2.19. The highest BCUT2D eigenvalue weighted by Crippen LogP contribution is 2.36. The molecule has 0 fully saturated rings. The summed E-state index contributed by atoms with van der Waals surface area (Å²) in [5, 5.41) is 15.9. The minimum absolute atomic E-state index is 0.00175. The molecule has 1 unspecified atom stereocenters. The number of carbonyl (C=O) groups excluding carboxylic acids is 1. The van der Waals surface area contributed by atoms with Crippen LogP contribution in [-0.4, -0.2) is 48.2 Å². The molecule has 0 bridgehead atoms. The van der Waals surface area contributed by atoms with E-state index in [1.54, 1.807) is 6.92 Å². The number of nitrogens with one attached hydrogen (secondary N) is 2. The van der Waals surface area contributed by atoms with Crippen molar-refractivity contribution in [2.75, 3.05) is 37.9 Å². The topological polar surface area (TPSA) is 129 Å². The fraction of sp³-hybridized carbons (Fsp3) is 0.421. The van der Waals surface area contributed by atoms with Crippen molar-refractivity contribution in [2.24, 2.45) is 0 Å². The quantitative estimate of drug-likeness (QED) is 0.228. The van der Waals surface area contributed by atoms with Crippen LogP contribution in [0.5, 0.6) is 5.75 Å². The van der Waals surface area contributed by atoms with Gasteiger partial charge in [-0.1, -0.05) is 0 Å². The van der Waals surface area contributed by atoms with Gasteiger partial charge in [-0.15, -0.1) is 0 Å². The van der Waals surface area contributed by atoms with E-state index in [0.717, 1.165) is 12.1 Å². The molecule has 1 aromatic heterocycles. The standard InChI is InChI=1S/C19H21F4N5O5/c1-4-33-16(29)5-10(9-28(30)31)11-6-15(32-3)14(7-13(11)20)26-18-25-8-12(19(21,22)23)17(24-2)27-18/h6-8,10H,4-5,9H2,1-3H3,(H2,24,25,26,27). The fourth-order valence-corrected chi connectivity index (χ4v) is 2.98. The largest absolute Gasteiger partial charge is 0.495 e. The maximum absolute atomic E-state index is 14.9. The lowest BCUT2D eigenvalue weighted by Gasteiger charge is -2.18. The number of methoxy groups -OCH3 is 1. The number of benzene rings is 1. The van der Waals surface area contributed by atoms with Gasteiger partial charge >= 0.3 is 12.1 Å². The zero-order chi connectivity index (χ0) is 24.8. The van der Waals surface area contributed by atoms with Crippen molar-refractivity contribution in [2.45, 2.75) is 25.4 Å². The zero-order valence-electron chi connectivity index (χ0n) is 17.8. The van der Waals surface area contributed by atoms with Crippen LogP contribution in [0.15, 0.2) is 18.3 Å². The summed E-state index contributed by atoms with van der Waals surface area (Å²) in [6.45, 7) is 0.882. The van der Waals surface area contributed by atoms with Gasteiger partial charge in [-0.25, -0.2) is 9.37 Å². The van der Waals surface area contributed by atoms with Crippen LogP contribution < -0.4 is 15.4 Å². The van der Waals surface area contributed by atoms with Crippen molar-refractivity contribution in [3.63, 3.8) is 0 Å². The molecule has 0 saturated carbocycles. The Morgan fingerprint density at radius 3 is 2.58 bits per heavy atom. The van der Waals surface area contributed by atoms with E-state index in [1.165, 1.54) is 14.2 Å². The first-order valence-corrected chi connectivity index (χ1v) is 9.53. The summed E-state index contributed by atoms with van der Waals surface area (Å²) in [6.07, 6.45) is -4.56.